The molecular formula is C10H12BFO2. The van der Waals surface area contributed by atoms with Gasteiger partial charge < -0.3 is 10.0 Å². The zero-order valence-electron chi connectivity index (χ0n) is 7.78. The third-order valence-electron chi connectivity index (χ3n) is 2.82. The second-order valence-electron chi connectivity index (χ2n) is 3.82. The molecule has 1 saturated carbocycles. The third kappa shape index (κ3) is 1.81. The summed E-state index contributed by atoms with van der Waals surface area (Å²) in [5.74, 6) is 0.0145. The van der Waals surface area contributed by atoms with Gasteiger partial charge in [0.05, 0.1) is 0 Å². The molecule has 1 aromatic rings. The molecule has 1 fully saturated rings. The Hall–Kier alpha value is -0.865. The SMILES string of the molecule is OB(O)c1cc(F)cc(C2CCC2)c1. The number of rotatable bonds is 2. The van der Waals surface area contributed by atoms with Crippen LogP contribution in [-0.4, -0.2) is 17.2 Å². The van der Waals surface area contributed by atoms with Gasteiger partial charge in [0.2, 0.25) is 0 Å². The maximum Gasteiger partial charge on any atom is 0.488 e. The molecule has 2 rings (SSSR count). The fraction of sp³-hybridized carbons (Fsp3) is 0.400. The van der Waals surface area contributed by atoms with Crippen molar-refractivity contribution in [2.45, 2.75) is 25.2 Å². The third-order valence-corrected chi connectivity index (χ3v) is 2.82. The van der Waals surface area contributed by atoms with Crippen LogP contribution in [-0.2, 0) is 0 Å². The van der Waals surface area contributed by atoms with Crippen molar-refractivity contribution in [3.63, 3.8) is 0 Å². The molecule has 0 radical (unpaired) electrons. The van der Waals surface area contributed by atoms with Crippen molar-refractivity contribution >= 4 is 12.6 Å². The Kier molecular flexibility index (Phi) is 2.57. The zero-order chi connectivity index (χ0) is 10.1. The average molecular weight is 194 g/mol. The Bertz CT molecular complexity index is 337. The minimum absolute atomic E-state index is 0.243. The summed E-state index contributed by atoms with van der Waals surface area (Å²) in [6.45, 7) is 0. The Morgan fingerprint density at radius 3 is 2.43 bits per heavy atom. The summed E-state index contributed by atoms with van der Waals surface area (Å²) in [4.78, 5) is 0. The van der Waals surface area contributed by atoms with Crippen LogP contribution < -0.4 is 5.46 Å². The van der Waals surface area contributed by atoms with Crippen LogP contribution in [0.3, 0.4) is 0 Å². The fourth-order valence-corrected chi connectivity index (χ4v) is 1.76. The molecule has 2 N–H and O–H groups in total. The van der Waals surface area contributed by atoms with Gasteiger partial charge in [-0.05, 0) is 41.9 Å². The van der Waals surface area contributed by atoms with Gasteiger partial charge in [-0.25, -0.2) is 4.39 Å². The van der Waals surface area contributed by atoms with E-state index in [1.165, 1.54) is 12.5 Å². The van der Waals surface area contributed by atoms with E-state index >= 15 is 0 Å². The number of hydrogen-bond acceptors (Lipinski definition) is 2. The molecule has 0 aromatic heterocycles. The molecular weight excluding hydrogens is 182 g/mol. The molecule has 74 valence electrons. The van der Waals surface area contributed by atoms with E-state index in [-0.39, 0.29) is 5.46 Å². The molecule has 0 unspecified atom stereocenters. The van der Waals surface area contributed by atoms with E-state index in [1.54, 1.807) is 6.07 Å². The molecule has 1 aromatic carbocycles. The highest BCUT2D eigenvalue weighted by Crippen LogP contribution is 2.36. The lowest BCUT2D eigenvalue weighted by atomic mass is 9.74. The van der Waals surface area contributed by atoms with Crippen LogP contribution in [0.4, 0.5) is 4.39 Å². The first kappa shape index (κ1) is 9.68. The lowest BCUT2D eigenvalue weighted by molar-refractivity contribution is 0.415. The van der Waals surface area contributed by atoms with Gasteiger partial charge in [-0.1, -0.05) is 12.5 Å². The lowest BCUT2D eigenvalue weighted by Gasteiger charge is -2.26. The molecule has 0 spiro atoms. The van der Waals surface area contributed by atoms with E-state index in [4.69, 9.17) is 10.0 Å². The minimum Gasteiger partial charge on any atom is -0.423 e. The van der Waals surface area contributed by atoms with Crippen LogP contribution in [0.1, 0.15) is 30.7 Å². The van der Waals surface area contributed by atoms with Crippen molar-refractivity contribution < 1.29 is 14.4 Å². The summed E-state index contributed by atoms with van der Waals surface area (Å²) >= 11 is 0. The van der Waals surface area contributed by atoms with Gasteiger partial charge in [0.25, 0.3) is 0 Å². The van der Waals surface area contributed by atoms with Crippen molar-refractivity contribution in [2.24, 2.45) is 0 Å². The molecule has 0 aliphatic heterocycles. The van der Waals surface area contributed by atoms with Gasteiger partial charge in [-0.3, -0.25) is 0 Å². The number of hydrogen-bond donors (Lipinski definition) is 2. The van der Waals surface area contributed by atoms with Gasteiger partial charge >= 0.3 is 7.12 Å². The van der Waals surface area contributed by atoms with Gasteiger partial charge in [-0.15, -0.1) is 0 Å². The Morgan fingerprint density at radius 2 is 1.93 bits per heavy atom. The first-order chi connectivity index (χ1) is 6.66. The molecule has 0 heterocycles. The van der Waals surface area contributed by atoms with Gasteiger partial charge in [0.15, 0.2) is 0 Å². The second kappa shape index (κ2) is 3.71. The van der Waals surface area contributed by atoms with Gasteiger partial charge in [-0.2, -0.15) is 0 Å². The topological polar surface area (TPSA) is 40.5 Å². The Balaban J connectivity index is 2.30. The summed E-state index contributed by atoms with van der Waals surface area (Å²) in [5, 5.41) is 17.9. The first-order valence-electron chi connectivity index (χ1n) is 4.83. The van der Waals surface area contributed by atoms with E-state index in [1.807, 2.05) is 0 Å². The first-order valence-corrected chi connectivity index (χ1v) is 4.83. The Morgan fingerprint density at radius 1 is 1.21 bits per heavy atom. The van der Waals surface area contributed by atoms with E-state index < -0.39 is 12.9 Å². The van der Waals surface area contributed by atoms with E-state index in [2.05, 4.69) is 0 Å². The molecule has 4 heteroatoms. The molecule has 1 aliphatic carbocycles. The summed E-state index contributed by atoms with van der Waals surface area (Å²) in [5.41, 5.74) is 1.13. The van der Waals surface area contributed by atoms with Crippen LogP contribution in [0.15, 0.2) is 18.2 Å². The molecule has 0 bridgehead atoms. The summed E-state index contributed by atoms with van der Waals surface area (Å²) in [6.07, 6.45) is 3.33. The monoisotopic (exact) mass is 194 g/mol. The van der Waals surface area contributed by atoms with Crippen molar-refractivity contribution in [2.75, 3.05) is 0 Å². The zero-order valence-corrected chi connectivity index (χ0v) is 7.78. The Labute approximate surface area is 82.5 Å². The fourth-order valence-electron chi connectivity index (χ4n) is 1.76. The van der Waals surface area contributed by atoms with E-state index in [0.29, 0.717) is 5.92 Å². The standard InChI is InChI=1S/C10H12BFO2/c12-10-5-8(7-2-1-3-7)4-9(6-10)11(13)14/h4-7,13-14H,1-3H2. The maximum atomic E-state index is 13.1. The predicted molar refractivity (Wildman–Crippen MR) is 52.8 cm³/mol. The molecule has 0 atom stereocenters. The quantitative estimate of drug-likeness (QED) is 0.682. The van der Waals surface area contributed by atoms with Crippen LogP contribution in [0.25, 0.3) is 0 Å². The van der Waals surface area contributed by atoms with Gasteiger partial charge in [0.1, 0.15) is 5.82 Å². The minimum atomic E-state index is -1.58. The van der Waals surface area contributed by atoms with Gasteiger partial charge in [0, 0.05) is 0 Å². The van der Waals surface area contributed by atoms with Crippen molar-refractivity contribution in [3.05, 3.63) is 29.6 Å². The normalized spacial score (nSPS) is 16.5. The smallest absolute Gasteiger partial charge is 0.423 e. The average Bonchev–Trinajstić information content (AvgIpc) is 1.99. The van der Waals surface area contributed by atoms with Crippen LogP contribution in [0, 0.1) is 5.82 Å². The van der Waals surface area contributed by atoms with Crippen LogP contribution >= 0.6 is 0 Å². The maximum absolute atomic E-state index is 13.1. The van der Waals surface area contributed by atoms with E-state index in [0.717, 1.165) is 24.5 Å². The predicted octanol–water partition coefficient (Wildman–Crippen LogP) is 0.773. The van der Waals surface area contributed by atoms with Crippen LogP contribution in [0.5, 0.6) is 0 Å². The highest BCUT2D eigenvalue weighted by Gasteiger charge is 2.22. The summed E-state index contributed by atoms with van der Waals surface area (Å²) < 4.78 is 13.1. The second-order valence-corrected chi connectivity index (χ2v) is 3.82. The molecule has 0 amide bonds. The molecule has 2 nitrogen and oxygen atoms in total. The van der Waals surface area contributed by atoms with E-state index in [9.17, 15) is 4.39 Å². The lowest BCUT2D eigenvalue weighted by Crippen LogP contribution is -2.31. The molecule has 1 aliphatic rings. The number of benzene rings is 1. The number of halogens is 1. The highest BCUT2D eigenvalue weighted by molar-refractivity contribution is 6.58. The largest absolute Gasteiger partial charge is 0.488 e. The molecule has 14 heavy (non-hydrogen) atoms. The summed E-state index contributed by atoms with van der Waals surface area (Å²) in [6, 6.07) is 4.32. The highest BCUT2D eigenvalue weighted by atomic mass is 19.1. The van der Waals surface area contributed by atoms with Crippen molar-refractivity contribution in [3.8, 4) is 0 Å². The summed E-state index contributed by atoms with van der Waals surface area (Å²) in [7, 11) is -1.58. The molecule has 0 saturated heterocycles. The van der Waals surface area contributed by atoms with Crippen LogP contribution in [0.2, 0.25) is 0 Å². The van der Waals surface area contributed by atoms with Crippen molar-refractivity contribution in [1.82, 2.24) is 0 Å². The van der Waals surface area contributed by atoms with Crippen molar-refractivity contribution in [1.29, 1.82) is 0 Å².